The highest BCUT2D eigenvalue weighted by Crippen LogP contribution is 2.35. The molecule has 6 nitrogen and oxygen atoms in total. The second kappa shape index (κ2) is 10.8. The molecular formula is C31H28N4O2S2. The topological polar surface area (TPSA) is 76.3 Å². The van der Waals surface area contributed by atoms with Gasteiger partial charge in [0.05, 0.1) is 22.5 Å². The highest BCUT2D eigenvalue weighted by Gasteiger charge is 2.23. The molecule has 0 fully saturated rings. The predicted molar refractivity (Wildman–Crippen MR) is 162 cm³/mol. The molecule has 0 atom stereocenters. The predicted octanol–water partition coefficient (Wildman–Crippen LogP) is 6.42. The van der Waals surface area contributed by atoms with Gasteiger partial charge in [-0.2, -0.15) is 5.10 Å². The summed E-state index contributed by atoms with van der Waals surface area (Å²) >= 11 is 2.88. The van der Waals surface area contributed by atoms with Crippen molar-refractivity contribution in [2.75, 3.05) is 5.75 Å². The van der Waals surface area contributed by atoms with E-state index in [2.05, 4.69) is 34.8 Å². The Morgan fingerprint density at radius 2 is 1.82 bits per heavy atom. The Morgan fingerprint density at radius 3 is 2.64 bits per heavy atom. The van der Waals surface area contributed by atoms with Gasteiger partial charge in [-0.15, -0.1) is 11.3 Å². The molecule has 0 aliphatic heterocycles. The van der Waals surface area contributed by atoms with E-state index in [0.717, 1.165) is 74.8 Å². The van der Waals surface area contributed by atoms with E-state index in [1.165, 1.54) is 16.6 Å². The first kappa shape index (κ1) is 25.5. The van der Waals surface area contributed by atoms with Crippen LogP contribution in [0, 0.1) is 6.92 Å². The van der Waals surface area contributed by atoms with Crippen LogP contribution in [0.3, 0.4) is 0 Å². The number of nitrogens with one attached hydrogen (secondary N) is 1. The standard InChI is InChI=1S/C31H28N4O2S2/c1-19-11-15-24(16-12-19)35-30(37)28-25-9-5-6-10-26(25)39-29(28)32-31(35)38-18-27(36)34-33-20(2)22-14-13-21-7-3-4-8-23(21)17-22/h3-4,7-8,11-17H,5-6,9-10,18H2,1-2H3,(H,34,36). The Hall–Kier alpha value is -3.75. The minimum atomic E-state index is -0.254. The molecule has 0 saturated heterocycles. The number of carbonyl (C=O) groups is 1. The lowest BCUT2D eigenvalue weighted by Gasteiger charge is -2.13. The largest absolute Gasteiger partial charge is 0.272 e. The zero-order valence-corrected chi connectivity index (χ0v) is 23.5. The van der Waals surface area contributed by atoms with Gasteiger partial charge in [-0.25, -0.2) is 10.4 Å². The van der Waals surface area contributed by atoms with Crippen LogP contribution in [0.4, 0.5) is 0 Å². The maximum Gasteiger partial charge on any atom is 0.267 e. The van der Waals surface area contributed by atoms with E-state index < -0.39 is 0 Å². The smallest absolute Gasteiger partial charge is 0.267 e. The summed E-state index contributed by atoms with van der Waals surface area (Å²) in [7, 11) is 0. The Balaban J connectivity index is 1.26. The van der Waals surface area contributed by atoms with Crippen molar-refractivity contribution in [3.05, 3.63) is 98.7 Å². The second-order valence-electron chi connectivity index (χ2n) is 9.84. The number of amides is 1. The van der Waals surface area contributed by atoms with Gasteiger partial charge in [0.25, 0.3) is 11.5 Å². The summed E-state index contributed by atoms with van der Waals surface area (Å²) < 4.78 is 1.66. The fourth-order valence-corrected chi connectivity index (χ4v) is 7.10. The normalized spacial score (nSPS) is 13.5. The highest BCUT2D eigenvalue weighted by atomic mass is 32.2. The minimum absolute atomic E-state index is 0.0590. The van der Waals surface area contributed by atoms with Crippen LogP contribution in [-0.2, 0) is 17.6 Å². The third kappa shape index (κ3) is 5.14. The summed E-state index contributed by atoms with van der Waals surface area (Å²) in [6.45, 7) is 3.89. The molecule has 2 heterocycles. The molecule has 3 aromatic carbocycles. The lowest BCUT2D eigenvalue weighted by Crippen LogP contribution is -2.24. The molecule has 1 N–H and O–H groups in total. The number of hydrogen-bond acceptors (Lipinski definition) is 6. The van der Waals surface area contributed by atoms with E-state index in [9.17, 15) is 9.59 Å². The Morgan fingerprint density at radius 1 is 1.05 bits per heavy atom. The average molecular weight is 553 g/mol. The number of hydrazone groups is 1. The number of fused-ring (bicyclic) bond motifs is 4. The first-order valence-electron chi connectivity index (χ1n) is 13.1. The van der Waals surface area contributed by atoms with Gasteiger partial charge in [0.15, 0.2) is 5.16 Å². The third-order valence-electron chi connectivity index (χ3n) is 7.10. The molecule has 1 aliphatic rings. The van der Waals surface area contributed by atoms with Crippen LogP contribution >= 0.6 is 23.1 Å². The number of thiophene rings is 1. The molecule has 1 aliphatic carbocycles. The Bertz CT molecular complexity index is 1800. The molecule has 0 unspecified atom stereocenters. The first-order chi connectivity index (χ1) is 19.0. The summed E-state index contributed by atoms with van der Waals surface area (Å²) in [4.78, 5) is 33.6. The zero-order valence-electron chi connectivity index (χ0n) is 21.9. The fraction of sp³-hybridized carbons (Fsp3) is 0.226. The van der Waals surface area contributed by atoms with Crippen LogP contribution in [0.1, 0.15) is 41.3 Å². The van der Waals surface area contributed by atoms with Crippen LogP contribution < -0.4 is 11.0 Å². The molecule has 8 heteroatoms. The van der Waals surface area contributed by atoms with Gasteiger partial charge >= 0.3 is 0 Å². The van der Waals surface area contributed by atoms with Gasteiger partial charge in [-0.05, 0) is 79.6 Å². The maximum absolute atomic E-state index is 13.9. The van der Waals surface area contributed by atoms with Gasteiger partial charge in [0.2, 0.25) is 0 Å². The van der Waals surface area contributed by atoms with Gasteiger partial charge < -0.3 is 0 Å². The zero-order chi connectivity index (χ0) is 26.9. The van der Waals surface area contributed by atoms with Gasteiger partial charge in [-0.1, -0.05) is 65.9 Å². The summed E-state index contributed by atoms with van der Waals surface area (Å²) in [5.74, 6) is -0.168. The molecule has 1 amide bonds. The molecular weight excluding hydrogens is 525 g/mol. The van der Waals surface area contributed by atoms with Gasteiger partial charge in [0.1, 0.15) is 4.83 Å². The first-order valence-corrected chi connectivity index (χ1v) is 14.9. The van der Waals surface area contributed by atoms with Crippen molar-refractivity contribution in [3.63, 3.8) is 0 Å². The Kier molecular flexibility index (Phi) is 7.06. The van der Waals surface area contributed by atoms with Crippen molar-refractivity contribution in [2.24, 2.45) is 5.10 Å². The number of hydrogen-bond donors (Lipinski definition) is 1. The average Bonchev–Trinajstić information content (AvgIpc) is 3.34. The van der Waals surface area contributed by atoms with Crippen molar-refractivity contribution < 1.29 is 4.79 Å². The fourth-order valence-electron chi connectivity index (χ4n) is 4.99. The molecule has 0 radical (unpaired) electrons. The summed E-state index contributed by atoms with van der Waals surface area (Å²) in [6, 6.07) is 22.1. The van der Waals surface area contributed by atoms with Crippen LogP contribution in [-0.4, -0.2) is 26.9 Å². The quantitative estimate of drug-likeness (QED) is 0.114. The maximum atomic E-state index is 13.9. The van der Waals surface area contributed by atoms with Crippen molar-refractivity contribution in [1.82, 2.24) is 15.0 Å². The van der Waals surface area contributed by atoms with E-state index >= 15 is 0 Å². The van der Waals surface area contributed by atoms with Crippen LogP contribution in [0.25, 0.3) is 26.7 Å². The lowest BCUT2D eigenvalue weighted by molar-refractivity contribution is -0.118. The molecule has 6 rings (SSSR count). The molecule has 0 spiro atoms. The number of aryl methyl sites for hydroxylation is 3. The van der Waals surface area contributed by atoms with Crippen LogP contribution in [0.15, 0.2) is 81.8 Å². The van der Waals surface area contributed by atoms with Crippen molar-refractivity contribution in [1.29, 1.82) is 0 Å². The second-order valence-corrected chi connectivity index (χ2v) is 11.9. The minimum Gasteiger partial charge on any atom is -0.272 e. The Labute approximate surface area is 234 Å². The third-order valence-corrected chi connectivity index (χ3v) is 9.22. The molecule has 0 bridgehead atoms. The van der Waals surface area contributed by atoms with E-state index in [0.29, 0.717) is 5.16 Å². The van der Waals surface area contributed by atoms with Crippen LogP contribution in [0.2, 0.25) is 0 Å². The number of nitrogens with zero attached hydrogens (tertiary/aromatic N) is 3. The van der Waals surface area contributed by atoms with E-state index in [1.807, 2.05) is 56.3 Å². The van der Waals surface area contributed by atoms with E-state index in [-0.39, 0.29) is 17.2 Å². The molecule has 2 aromatic heterocycles. The van der Waals surface area contributed by atoms with Gasteiger partial charge in [0, 0.05) is 4.88 Å². The van der Waals surface area contributed by atoms with Crippen LogP contribution in [0.5, 0.6) is 0 Å². The number of benzene rings is 3. The summed E-state index contributed by atoms with van der Waals surface area (Å²) in [6.07, 6.45) is 4.16. The number of aromatic nitrogens is 2. The molecule has 39 heavy (non-hydrogen) atoms. The summed E-state index contributed by atoms with van der Waals surface area (Å²) in [5, 5.41) is 7.86. The highest BCUT2D eigenvalue weighted by molar-refractivity contribution is 7.99. The lowest BCUT2D eigenvalue weighted by atomic mass is 9.97. The van der Waals surface area contributed by atoms with Crippen molar-refractivity contribution in [2.45, 2.75) is 44.7 Å². The number of thioether (sulfide) groups is 1. The van der Waals surface area contributed by atoms with E-state index in [1.54, 1.807) is 15.9 Å². The number of carbonyl (C=O) groups excluding carboxylic acids is 1. The molecule has 0 saturated carbocycles. The van der Waals surface area contributed by atoms with Crippen molar-refractivity contribution in [3.8, 4) is 5.69 Å². The molecule has 196 valence electrons. The van der Waals surface area contributed by atoms with Crippen molar-refractivity contribution >= 4 is 55.7 Å². The molecule has 5 aromatic rings. The SMILES string of the molecule is CC(=NNC(=O)CSc1nc2sc3c(c2c(=O)n1-c1ccc(C)cc1)CCCC3)c1ccc2ccccc2c1. The monoisotopic (exact) mass is 552 g/mol. The summed E-state index contributed by atoms with van der Waals surface area (Å²) in [5.41, 5.74) is 7.31. The van der Waals surface area contributed by atoms with Gasteiger partial charge in [-0.3, -0.25) is 14.2 Å². The van der Waals surface area contributed by atoms with E-state index in [4.69, 9.17) is 4.98 Å². The number of rotatable bonds is 6.